The molecule has 2 aromatic heterocycles. The van der Waals surface area contributed by atoms with Crippen molar-refractivity contribution in [1.29, 1.82) is 0 Å². The van der Waals surface area contributed by atoms with E-state index >= 15 is 0 Å². The Labute approximate surface area is 130 Å². The summed E-state index contributed by atoms with van der Waals surface area (Å²) in [4.78, 5) is 13.1. The van der Waals surface area contributed by atoms with Crippen LogP contribution in [0, 0.1) is 0 Å². The van der Waals surface area contributed by atoms with Gasteiger partial charge in [0.15, 0.2) is 11.5 Å². The Morgan fingerprint density at radius 1 is 1.19 bits per heavy atom. The summed E-state index contributed by atoms with van der Waals surface area (Å²) >= 11 is 6.04. The van der Waals surface area contributed by atoms with Crippen LogP contribution in [0.4, 0.5) is 5.82 Å². The molecule has 0 aromatic carbocycles. The molecule has 0 radical (unpaired) electrons. The van der Waals surface area contributed by atoms with Crippen LogP contribution in [0.15, 0.2) is 6.33 Å². The fourth-order valence-corrected chi connectivity index (χ4v) is 3.16. The number of halogens is 1. The number of anilines is 1. The van der Waals surface area contributed by atoms with Gasteiger partial charge in [0.25, 0.3) is 0 Å². The zero-order valence-corrected chi connectivity index (χ0v) is 13.6. The predicted molar refractivity (Wildman–Crippen MR) is 85.8 cm³/mol. The lowest BCUT2D eigenvalue weighted by atomic mass is 9.95. The Morgan fingerprint density at radius 3 is 2.57 bits per heavy atom. The van der Waals surface area contributed by atoms with Gasteiger partial charge in [-0.25, -0.2) is 4.98 Å². The van der Waals surface area contributed by atoms with Crippen molar-refractivity contribution < 1.29 is 0 Å². The molecule has 1 saturated carbocycles. The molecule has 114 valence electrons. The predicted octanol–water partition coefficient (Wildman–Crippen LogP) is 4.20. The van der Waals surface area contributed by atoms with Crippen LogP contribution in [0.1, 0.15) is 58.9 Å². The van der Waals surface area contributed by atoms with E-state index in [1.165, 1.54) is 32.1 Å². The highest BCUT2D eigenvalue weighted by Gasteiger charge is 2.22. The van der Waals surface area contributed by atoms with Gasteiger partial charge >= 0.3 is 0 Å². The van der Waals surface area contributed by atoms with Crippen LogP contribution in [0.25, 0.3) is 11.2 Å². The van der Waals surface area contributed by atoms with Crippen LogP contribution in [0.2, 0.25) is 5.28 Å². The molecule has 0 amide bonds. The molecule has 0 saturated heterocycles. The van der Waals surface area contributed by atoms with Gasteiger partial charge in [0.05, 0.1) is 6.33 Å². The van der Waals surface area contributed by atoms with E-state index in [-0.39, 0.29) is 10.8 Å². The van der Waals surface area contributed by atoms with E-state index in [0.717, 1.165) is 11.3 Å². The van der Waals surface area contributed by atoms with E-state index in [1.807, 2.05) is 6.33 Å². The van der Waals surface area contributed by atoms with Crippen LogP contribution < -0.4 is 5.32 Å². The van der Waals surface area contributed by atoms with Gasteiger partial charge in [-0.1, -0.05) is 19.3 Å². The topological polar surface area (TPSA) is 55.6 Å². The zero-order chi connectivity index (χ0) is 15.0. The Bertz CT molecular complexity index is 637. The van der Waals surface area contributed by atoms with Gasteiger partial charge in [-0.05, 0) is 45.2 Å². The van der Waals surface area contributed by atoms with Crippen molar-refractivity contribution in [2.24, 2.45) is 0 Å². The lowest BCUT2D eigenvalue weighted by molar-refractivity contribution is 0.359. The molecule has 5 nitrogen and oxygen atoms in total. The highest BCUT2D eigenvalue weighted by Crippen LogP contribution is 2.33. The molecule has 2 aromatic rings. The maximum Gasteiger partial charge on any atom is 0.226 e. The van der Waals surface area contributed by atoms with E-state index in [1.54, 1.807) is 0 Å². The first-order valence-corrected chi connectivity index (χ1v) is 8.00. The fourth-order valence-electron chi connectivity index (χ4n) is 3.00. The molecule has 0 bridgehead atoms. The average molecular weight is 308 g/mol. The van der Waals surface area contributed by atoms with Gasteiger partial charge in [-0.15, -0.1) is 0 Å². The first kappa shape index (κ1) is 14.6. The smallest absolute Gasteiger partial charge is 0.226 e. The third-order valence-corrected chi connectivity index (χ3v) is 4.03. The quantitative estimate of drug-likeness (QED) is 0.845. The van der Waals surface area contributed by atoms with Crippen LogP contribution in [0.3, 0.4) is 0 Å². The number of rotatable bonds is 2. The largest absolute Gasteiger partial charge is 0.364 e. The molecule has 1 aliphatic rings. The summed E-state index contributed by atoms with van der Waals surface area (Å²) in [5.41, 5.74) is 1.56. The van der Waals surface area contributed by atoms with Crippen LogP contribution in [-0.4, -0.2) is 25.1 Å². The van der Waals surface area contributed by atoms with E-state index in [2.05, 4.69) is 45.6 Å². The standard InChI is InChI=1S/C15H22ClN5/c1-15(2,3)20-13-11-12(18-14(16)19-13)17-9-21(11)10-7-5-4-6-8-10/h9-10H,4-8H2,1-3H3,(H,18,19,20). The van der Waals surface area contributed by atoms with Crippen LogP contribution in [-0.2, 0) is 0 Å². The minimum absolute atomic E-state index is 0.0910. The lowest BCUT2D eigenvalue weighted by Crippen LogP contribution is -2.27. The van der Waals surface area contributed by atoms with Gasteiger partial charge in [0, 0.05) is 11.6 Å². The molecule has 1 fully saturated rings. The Balaban J connectivity index is 2.09. The fraction of sp³-hybridized carbons (Fsp3) is 0.667. The van der Waals surface area contributed by atoms with E-state index < -0.39 is 0 Å². The molecule has 21 heavy (non-hydrogen) atoms. The number of nitrogens with zero attached hydrogens (tertiary/aromatic N) is 4. The van der Waals surface area contributed by atoms with Crippen molar-refractivity contribution in [2.75, 3.05) is 5.32 Å². The molecule has 0 aliphatic heterocycles. The molecule has 0 spiro atoms. The maximum atomic E-state index is 6.04. The normalized spacial score (nSPS) is 17.3. The van der Waals surface area contributed by atoms with Gasteiger partial charge in [0.2, 0.25) is 5.28 Å². The van der Waals surface area contributed by atoms with Crippen molar-refractivity contribution in [3.05, 3.63) is 11.6 Å². The molecule has 2 heterocycles. The second kappa shape index (κ2) is 5.44. The molecule has 3 rings (SSSR count). The highest BCUT2D eigenvalue weighted by molar-refractivity contribution is 6.28. The van der Waals surface area contributed by atoms with E-state index in [4.69, 9.17) is 11.6 Å². The molecule has 0 atom stereocenters. The first-order chi connectivity index (χ1) is 9.94. The second-order valence-corrected chi connectivity index (χ2v) is 7.17. The number of fused-ring (bicyclic) bond motifs is 1. The summed E-state index contributed by atoms with van der Waals surface area (Å²) in [6, 6.07) is 0.494. The van der Waals surface area contributed by atoms with Crippen LogP contribution in [0.5, 0.6) is 0 Å². The summed E-state index contributed by atoms with van der Waals surface area (Å²) in [7, 11) is 0. The van der Waals surface area contributed by atoms with Crippen molar-refractivity contribution in [3.63, 3.8) is 0 Å². The molecule has 6 heteroatoms. The van der Waals surface area contributed by atoms with Crippen molar-refractivity contribution in [1.82, 2.24) is 19.5 Å². The molecule has 1 N–H and O–H groups in total. The van der Waals surface area contributed by atoms with Gasteiger partial charge < -0.3 is 9.88 Å². The Hall–Kier alpha value is -1.36. The summed E-state index contributed by atoms with van der Waals surface area (Å²) in [5.74, 6) is 0.778. The number of aromatic nitrogens is 4. The van der Waals surface area contributed by atoms with Gasteiger partial charge in [0.1, 0.15) is 5.52 Å². The molecule has 0 unspecified atom stereocenters. The monoisotopic (exact) mass is 307 g/mol. The van der Waals surface area contributed by atoms with Crippen molar-refractivity contribution in [2.45, 2.75) is 64.5 Å². The third kappa shape index (κ3) is 3.12. The second-order valence-electron chi connectivity index (χ2n) is 6.83. The molecule has 1 aliphatic carbocycles. The number of hydrogen-bond donors (Lipinski definition) is 1. The highest BCUT2D eigenvalue weighted by atomic mass is 35.5. The summed E-state index contributed by atoms with van der Waals surface area (Å²) in [6.45, 7) is 6.32. The van der Waals surface area contributed by atoms with Crippen molar-refractivity contribution >= 4 is 28.6 Å². The summed E-state index contributed by atoms with van der Waals surface area (Å²) < 4.78 is 2.24. The Kier molecular flexibility index (Phi) is 3.78. The molecular formula is C15H22ClN5. The van der Waals surface area contributed by atoms with E-state index in [0.29, 0.717) is 11.7 Å². The SMILES string of the molecule is CC(C)(C)Nc1nc(Cl)nc2ncn(C3CCCCC3)c12. The summed E-state index contributed by atoms with van der Waals surface area (Å²) in [5, 5.41) is 3.67. The van der Waals surface area contributed by atoms with Crippen molar-refractivity contribution in [3.8, 4) is 0 Å². The maximum absolute atomic E-state index is 6.04. The number of nitrogens with one attached hydrogen (secondary N) is 1. The zero-order valence-electron chi connectivity index (χ0n) is 12.9. The number of imidazole rings is 1. The minimum Gasteiger partial charge on any atom is -0.364 e. The third-order valence-electron chi connectivity index (χ3n) is 3.86. The summed E-state index contributed by atoms with van der Waals surface area (Å²) in [6.07, 6.45) is 8.17. The first-order valence-electron chi connectivity index (χ1n) is 7.62. The van der Waals surface area contributed by atoms with Gasteiger partial charge in [-0.2, -0.15) is 9.97 Å². The lowest BCUT2D eigenvalue weighted by Gasteiger charge is -2.26. The Morgan fingerprint density at radius 2 is 1.90 bits per heavy atom. The number of hydrogen-bond acceptors (Lipinski definition) is 4. The minimum atomic E-state index is -0.0910. The molecular weight excluding hydrogens is 286 g/mol. The average Bonchev–Trinajstić information content (AvgIpc) is 2.81. The van der Waals surface area contributed by atoms with E-state index in [9.17, 15) is 0 Å². The van der Waals surface area contributed by atoms with Crippen LogP contribution >= 0.6 is 11.6 Å². The van der Waals surface area contributed by atoms with Gasteiger partial charge in [-0.3, -0.25) is 0 Å².